The molecule has 6 heteroatoms. The lowest BCUT2D eigenvalue weighted by Gasteiger charge is -2.32. The van der Waals surface area contributed by atoms with E-state index in [0.717, 1.165) is 34.0 Å². The molecule has 6 nitrogen and oxygen atoms in total. The molecule has 0 spiro atoms. The fourth-order valence-electron chi connectivity index (χ4n) is 4.10. The normalized spacial score (nSPS) is 15.0. The molecule has 1 aliphatic rings. The monoisotopic (exact) mass is 416 g/mol. The SMILES string of the molecule is CCc1cccc2c(C(=O)COC(=O)C[C@@H]3c4ccccc4C=CN3C(C)=O)c[nH]c12. The largest absolute Gasteiger partial charge is 0.457 e. The molecule has 0 fully saturated rings. The zero-order chi connectivity index (χ0) is 22.0. The first-order valence-corrected chi connectivity index (χ1v) is 10.3. The van der Waals surface area contributed by atoms with E-state index < -0.39 is 12.0 Å². The number of para-hydroxylation sites is 1. The van der Waals surface area contributed by atoms with Crippen LogP contribution in [0.3, 0.4) is 0 Å². The topological polar surface area (TPSA) is 79.5 Å². The number of rotatable bonds is 6. The van der Waals surface area contributed by atoms with Gasteiger partial charge in [0, 0.05) is 35.8 Å². The van der Waals surface area contributed by atoms with Gasteiger partial charge in [-0.3, -0.25) is 14.4 Å². The van der Waals surface area contributed by atoms with E-state index in [-0.39, 0.29) is 24.7 Å². The van der Waals surface area contributed by atoms with Crippen LogP contribution in [0.25, 0.3) is 17.0 Å². The van der Waals surface area contributed by atoms with E-state index >= 15 is 0 Å². The van der Waals surface area contributed by atoms with Gasteiger partial charge in [0.15, 0.2) is 6.61 Å². The van der Waals surface area contributed by atoms with Crippen LogP contribution in [0.1, 0.15) is 53.4 Å². The van der Waals surface area contributed by atoms with E-state index in [2.05, 4.69) is 11.9 Å². The van der Waals surface area contributed by atoms with Crippen molar-refractivity contribution in [2.75, 3.05) is 6.61 Å². The van der Waals surface area contributed by atoms with Gasteiger partial charge in [-0.15, -0.1) is 0 Å². The van der Waals surface area contributed by atoms with Gasteiger partial charge in [-0.25, -0.2) is 0 Å². The fourth-order valence-corrected chi connectivity index (χ4v) is 4.10. The molecule has 2 aromatic carbocycles. The molecule has 31 heavy (non-hydrogen) atoms. The van der Waals surface area contributed by atoms with Crippen molar-refractivity contribution in [1.29, 1.82) is 0 Å². The van der Waals surface area contributed by atoms with E-state index in [1.165, 1.54) is 11.8 Å². The number of aryl methyl sites for hydroxylation is 1. The average molecular weight is 416 g/mol. The smallest absolute Gasteiger partial charge is 0.308 e. The lowest BCUT2D eigenvalue weighted by molar-refractivity contribution is -0.144. The van der Waals surface area contributed by atoms with Gasteiger partial charge in [-0.05, 0) is 29.2 Å². The van der Waals surface area contributed by atoms with Gasteiger partial charge in [-0.1, -0.05) is 49.4 Å². The van der Waals surface area contributed by atoms with E-state index in [4.69, 9.17) is 4.74 Å². The number of aromatic amines is 1. The molecule has 0 saturated heterocycles. The standard InChI is InChI=1S/C25H24N2O4/c1-3-17-8-6-10-20-21(14-26-25(17)20)23(29)15-31-24(30)13-22-19-9-5-4-7-18(19)11-12-27(22)16(2)28/h4-12,14,22,26H,3,13,15H2,1-2H3/t22-/m1/s1. The number of amides is 1. The number of ketones is 1. The molecule has 4 rings (SSSR count). The number of hydrogen-bond acceptors (Lipinski definition) is 4. The summed E-state index contributed by atoms with van der Waals surface area (Å²) in [7, 11) is 0. The highest BCUT2D eigenvalue weighted by atomic mass is 16.5. The van der Waals surface area contributed by atoms with Crippen molar-refractivity contribution >= 4 is 34.6 Å². The minimum Gasteiger partial charge on any atom is -0.457 e. The second kappa shape index (κ2) is 8.60. The third-order valence-corrected chi connectivity index (χ3v) is 5.68. The Bertz CT molecular complexity index is 1190. The van der Waals surface area contributed by atoms with Crippen LogP contribution >= 0.6 is 0 Å². The van der Waals surface area contributed by atoms with Crippen LogP contribution in [0.4, 0.5) is 0 Å². The van der Waals surface area contributed by atoms with Gasteiger partial charge >= 0.3 is 5.97 Å². The molecule has 158 valence electrons. The predicted molar refractivity (Wildman–Crippen MR) is 118 cm³/mol. The van der Waals surface area contributed by atoms with Crippen LogP contribution in [0.15, 0.2) is 54.9 Å². The molecule has 1 N–H and O–H groups in total. The molecule has 0 unspecified atom stereocenters. The summed E-state index contributed by atoms with van der Waals surface area (Å²) in [5, 5.41) is 0.828. The van der Waals surface area contributed by atoms with E-state index in [9.17, 15) is 14.4 Å². The highest BCUT2D eigenvalue weighted by Gasteiger charge is 2.29. The second-order valence-electron chi connectivity index (χ2n) is 7.57. The average Bonchev–Trinajstić information content (AvgIpc) is 3.22. The van der Waals surface area contributed by atoms with Gasteiger partial charge in [0.25, 0.3) is 0 Å². The fraction of sp³-hybridized carbons (Fsp3) is 0.240. The summed E-state index contributed by atoms with van der Waals surface area (Å²) in [6.45, 7) is 3.18. The Kier molecular flexibility index (Phi) is 5.71. The van der Waals surface area contributed by atoms with Crippen LogP contribution in [-0.2, 0) is 20.7 Å². The minimum atomic E-state index is -0.524. The third kappa shape index (κ3) is 4.01. The molecule has 0 aliphatic carbocycles. The summed E-state index contributed by atoms with van der Waals surface area (Å²) in [4.78, 5) is 42.0. The molecule has 0 bridgehead atoms. The van der Waals surface area contributed by atoms with E-state index in [0.29, 0.717) is 5.56 Å². The number of aromatic nitrogens is 1. The Morgan fingerprint density at radius 3 is 2.68 bits per heavy atom. The first-order chi connectivity index (χ1) is 15.0. The summed E-state index contributed by atoms with van der Waals surface area (Å²) in [6, 6.07) is 13.0. The predicted octanol–water partition coefficient (Wildman–Crippen LogP) is 4.42. The van der Waals surface area contributed by atoms with E-state index in [1.54, 1.807) is 12.4 Å². The lowest BCUT2D eigenvalue weighted by atomic mass is 9.94. The first kappa shape index (κ1) is 20.6. The Labute approximate surface area is 180 Å². The van der Waals surface area contributed by atoms with Crippen molar-refractivity contribution in [3.63, 3.8) is 0 Å². The summed E-state index contributed by atoms with van der Waals surface area (Å²) >= 11 is 0. The van der Waals surface area contributed by atoms with Crippen LogP contribution in [0, 0.1) is 0 Å². The van der Waals surface area contributed by atoms with Gasteiger partial charge < -0.3 is 14.6 Å². The van der Waals surface area contributed by atoms with Crippen molar-refractivity contribution < 1.29 is 19.1 Å². The van der Waals surface area contributed by atoms with Crippen LogP contribution in [0.5, 0.6) is 0 Å². The van der Waals surface area contributed by atoms with Gasteiger partial charge in [0.2, 0.25) is 11.7 Å². The number of fused-ring (bicyclic) bond motifs is 2. The minimum absolute atomic E-state index is 0.0257. The number of carbonyl (C=O) groups excluding carboxylic acids is 3. The highest BCUT2D eigenvalue weighted by molar-refractivity contribution is 6.09. The molecule has 1 aromatic heterocycles. The summed E-state index contributed by atoms with van der Waals surface area (Å²) in [5.74, 6) is -0.950. The number of benzene rings is 2. The number of carbonyl (C=O) groups is 3. The second-order valence-corrected chi connectivity index (χ2v) is 7.57. The number of H-pyrrole nitrogens is 1. The number of ether oxygens (including phenoxy) is 1. The molecule has 0 radical (unpaired) electrons. The van der Waals surface area contributed by atoms with Crippen molar-refractivity contribution in [3.8, 4) is 0 Å². The zero-order valence-corrected chi connectivity index (χ0v) is 17.6. The Hall–Kier alpha value is -3.67. The molecule has 1 amide bonds. The van der Waals surface area contributed by atoms with Gasteiger partial charge in [-0.2, -0.15) is 0 Å². The van der Waals surface area contributed by atoms with Crippen molar-refractivity contribution in [2.24, 2.45) is 0 Å². The third-order valence-electron chi connectivity index (χ3n) is 5.68. The Morgan fingerprint density at radius 2 is 1.90 bits per heavy atom. The van der Waals surface area contributed by atoms with Crippen molar-refractivity contribution in [1.82, 2.24) is 9.88 Å². The van der Waals surface area contributed by atoms with Gasteiger partial charge in [0.05, 0.1) is 12.5 Å². The van der Waals surface area contributed by atoms with Crippen molar-refractivity contribution in [2.45, 2.75) is 32.7 Å². The Balaban J connectivity index is 1.46. The van der Waals surface area contributed by atoms with Crippen LogP contribution < -0.4 is 0 Å². The first-order valence-electron chi connectivity index (χ1n) is 10.3. The maximum atomic E-state index is 12.7. The summed E-state index contributed by atoms with van der Waals surface area (Å²) in [6.07, 6.45) is 6.03. The van der Waals surface area contributed by atoms with Crippen LogP contribution in [-0.4, -0.2) is 34.2 Å². The molecule has 1 atom stereocenters. The number of hydrogen-bond donors (Lipinski definition) is 1. The quantitative estimate of drug-likeness (QED) is 0.477. The number of nitrogens with one attached hydrogen (secondary N) is 1. The summed E-state index contributed by atoms with van der Waals surface area (Å²) < 4.78 is 5.31. The Morgan fingerprint density at radius 1 is 1.10 bits per heavy atom. The molecule has 1 aliphatic heterocycles. The van der Waals surface area contributed by atoms with E-state index in [1.807, 2.05) is 48.5 Å². The number of Topliss-reactive ketones (excluding diaryl/α,β-unsaturated/α-hetero) is 1. The maximum absolute atomic E-state index is 12.7. The van der Waals surface area contributed by atoms with Gasteiger partial charge in [0.1, 0.15) is 0 Å². The molecular weight excluding hydrogens is 392 g/mol. The van der Waals surface area contributed by atoms with Crippen molar-refractivity contribution in [3.05, 3.63) is 77.1 Å². The molecular formula is C25H24N2O4. The number of esters is 1. The lowest BCUT2D eigenvalue weighted by Crippen LogP contribution is -2.32. The van der Waals surface area contributed by atoms with Crippen LogP contribution in [0.2, 0.25) is 0 Å². The molecule has 0 saturated carbocycles. The maximum Gasteiger partial charge on any atom is 0.308 e. The summed E-state index contributed by atoms with van der Waals surface area (Å²) in [5.41, 5.74) is 4.41. The highest BCUT2D eigenvalue weighted by Crippen LogP contribution is 2.33. The molecule has 2 heterocycles. The zero-order valence-electron chi connectivity index (χ0n) is 17.6. The molecule has 3 aromatic rings. The number of nitrogens with zero attached hydrogens (tertiary/aromatic N) is 1.